The van der Waals surface area contributed by atoms with Gasteiger partial charge in [0.15, 0.2) is 5.13 Å². The second-order valence-corrected chi connectivity index (χ2v) is 4.87. The minimum atomic E-state index is 0.716. The molecule has 0 bridgehead atoms. The van der Waals surface area contributed by atoms with Crippen LogP contribution in [0, 0.1) is 0 Å². The molecule has 80 valence electrons. The summed E-state index contributed by atoms with van der Waals surface area (Å²) in [5, 5.41) is 8.63. The SMILES string of the molecule is CNc1ncc(CCc2nnsc2N)s1. The zero-order chi connectivity index (χ0) is 10.7. The maximum Gasteiger partial charge on any atom is 0.182 e. The van der Waals surface area contributed by atoms with Crippen LogP contribution in [0.3, 0.4) is 0 Å². The Hall–Kier alpha value is -1.21. The molecule has 2 aromatic heterocycles. The molecule has 0 aliphatic carbocycles. The summed E-state index contributed by atoms with van der Waals surface area (Å²) < 4.78 is 3.80. The molecule has 0 spiro atoms. The van der Waals surface area contributed by atoms with Gasteiger partial charge in [-0.2, -0.15) is 0 Å². The molecule has 2 aromatic rings. The summed E-state index contributed by atoms with van der Waals surface area (Å²) in [6.45, 7) is 0. The first kappa shape index (κ1) is 10.3. The molecule has 0 amide bonds. The number of nitrogens with zero attached hydrogens (tertiary/aromatic N) is 3. The molecule has 0 fully saturated rings. The summed E-state index contributed by atoms with van der Waals surface area (Å²) in [5.41, 5.74) is 6.59. The number of anilines is 2. The molecule has 15 heavy (non-hydrogen) atoms. The minimum Gasteiger partial charge on any atom is -0.388 e. The molecule has 0 atom stereocenters. The maximum absolute atomic E-state index is 5.71. The van der Waals surface area contributed by atoms with Gasteiger partial charge < -0.3 is 11.1 Å². The molecule has 2 heterocycles. The van der Waals surface area contributed by atoms with Crippen LogP contribution in [0.15, 0.2) is 6.20 Å². The van der Waals surface area contributed by atoms with E-state index in [9.17, 15) is 0 Å². The third kappa shape index (κ3) is 2.42. The summed E-state index contributed by atoms with van der Waals surface area (Å²) in [7, 11) is 1.87. The molecule has 0 aliphatic rings. The Kier molecular flexibility index (Phi) is 3.12. The van der Waals surface area contributed by atoms with E-state index >= 15 is 0 Å². The number of rotatable bonds is 4. The van der Waals surface area contributed by atoms with E-state index in [1.54, 1.807) is 11.3 Å². The first-order valence-corrected chi connectivity index (χ1v) is 6.07. The molecule has 7 heteroatoms. The van der Waals surface area contributed by atoms with Crippen molar-refractivity contribution in [1.29, 1.82) is 0 Å². The van der Waals surface area contributed by atoms with Gasteiger partial charge in [-0.05, 0) is 12.8 Å². The molecule has 5 nitrogen and oxygen atoms in total. The highest BCUT2D eigenvalue weighted by Crippen LogP contribution is 2.20. The first-order chi connectivity index (χ1) is 7.29. The van der Waals surface area contributed by atoms with Crippen LogP contribution in [-0.4, -0.2) is 21.6 Å². The molecule has 0 aromatic carbocycles. The van der Waals surface area contributed by atoms with E-state index in [2.05, 4.69) is 19.9 Å². The quantitative estimate of drug-likeness (QED) is 0.846. The van der Waals surface area contributed by atoms with Gasteiger partial charge in [-0.3, -0.25) is 0 Å². The summed E-state index contributed by atoms with van der Waals surface area (Å²) in [6, 6.07) is 0. The lowest BCUT2D eigenvalue weighted by Gasteiger charge is -1.94. The van der Waals surface area contributed by atoms with E-state index in [1.807, 2.05) is 13.2 Å². The van der Waals surface area contributed by atoms with Crippen LogP contribution < -0.4 is 11.1 Å². The third-order valence-electron chi connectivity index (χ3n) is 1.96. The van der Waals surface area contributed by atoms with Crippen molar-refractivity contribution in [1.82, 2.24) is 14.6 Å². The number of nitrogens with two attached hydrogens (primary N) is 1. The lowest BCUT2D eigenvalue weighted by molar-refractivity contribution is 0.909. The zero-order valence-corrected chi connectivity index (χ0v) is 9.86. The van der Waals surface area contributed by atoms with Crippen LogP contribution in [0.1, 0.15) is 10.6 Å². The van der Waals surface area contributed by atoms with Crippen molar-refractivity contribution in [3.8, 4) is 0 Å². The summed E-state index contributed by atoms with van der Waals surface area (Å²) in [4.78, 5) is 5.43. The third-order valence-corrected chi connectivity index (χ3v) is 3.63. The zero-order valence-electron chi connectivity index (χ0n) is 8.23. The van der Waals surface area contributed by atoms with Gasteiger partial charge in [0.05, 0.1) is 5.69 Å². The summed E-state index contributed by atoms with van der Waals surface area (Å²) in [6.07, 6.45) is 3.62. The van der Waals surface area contributed by atoms with Crippen molar-refractivity contribution < 1.29 is 0 Å². The van der Waals surface area contributed by atoms with Crippen molar-refractivity contribution in [3.63, 3.8) is 0 Å². The second-order valence-electron chi connectivity index (χ2n) is 2.97. The predicted molar refractivity (Wildman–Crippen MR) is 63.4 cm³/mol. The minimum absolute atomic E-state index is 0.716. The summed E-state index contributed by atoms with van der Waals surface area (Å²) >= 11 is 2.89. The highest BCUT2D eigenvalue weighted by atomic mass is 32.1. The van der Waals surface area contributed by atoms with E-state index < -0.39 is 0 Å². The van der Waals surface area contributed by atoms with Crippen LogP contribution in [0.5, 0.6) is 0 Å². The molecule has 0 radical (unpaired) electrons. The number of hydrogen-bond donors (Lipinski definition) is 2. The van der Waals surface area contributed by atoms with Gasteiger partial charge in [-0.1, -0.05) is 4.49 Å². The fraction of sp³-hybridized carbons (Fsp3) is 0.375. The number of nitrogen functional groups attached to an aromatic ring is 1. The second kappa shape index (κ2) is 4.54. The van der Waals surface area contributed by atoms with E-state index in [-0.39, 0.29) is 0 Å². The smallest absolute Gasteiger partial charge is 0.182 e. The largest absolute Gasteiger partial charge is 0.388 e. The van der Waals surface area contributed by atoms with Gasteiger partial charge in [0.1, 0.15) is 5.00 Å². The monoisotopic (exact) mass is 241 g/mol. The van der Waals surface area contributed by atoms with Crippen LogP contribution in [0.2, 0.25) is 0 Å². The molecule has 0 saturated carbocycles. The number of thiazole rings is 1. The van der Waals surface area contributed by atoms with Gasteiger partial charge in [0, 0.05) is 29.7 Å². The van der Waals surface area contributed by atoms with Crippen molar-refractivity contribution in [2.75, 3.05) is 18.1 Å². The van der Waals surface area contributed by atoms with Gasteiger partial charge in [-0.25, -0.2) is 4.98 Å². The van der Waals surface area contributed by atoms with Crippen LogP contribution in [0.4, 0.5) is 10.1 Å². The molecular formula is C8H11N5S2. The fourth-order valence-electron chi connectivity index (χ4n) is 1.17. The number of aryl methyl sites for hydroxylation is 2. The molecular weight excluding hydrogens is 230 g/mol. The number of hydrogen-bond acceptors (Lipinski definition) is 7. The van der Waals surface area contributed by atoms with E-state index in [4.69, 9.17) is 5.73 Å². The maximum atomic E-state index is 5.71. The summed E-state index contributed by atoms with van der Waals surface area (Å²) in [5.74, 6) is 0. The molecule has 3 N–H and O–H groups in total. The predicted octanol–water partition coefficient (Wildman–Crippen LogP) is 1.40. The Bertz CT molecular complexity index is 436. The van der Waals surface area contributed by atoms with Crippen LogP contribution >= 0.6 is 22.9 Å². The standard InChI is InChI=1S/C8H11N5S2/c1-10-8-11-4-5(14-8)2-3-6-7(9)15-13-12-6/h4H,2-3,9H2,1H3,(H,10,11). The Morgan fingerprint density at radius 3 is 2.93 bits per heavy atom. The molecule has 0 saturated heterocycles. The highest BCUT2D eigenvalue weighted by Gasteiger charge is 2.06. The first-order valence-electron chi connectivity index (χ1n) is 4.48. The average Bonchev–Trinajstić information content (AvgIpc) is 2.84. The van der Waals surface area contributed by atoms with Gasteiger partial charge in [0.2, 0.25) is 0 Å². The Morgan fingerprint density at radius 2 is 2.33 bits per heavy atom. The lowest BCUT2D eigenvalue weighted by Crippen LogP contribution is -1.94. The van der Waals surface area contributed by atoms with E-state index in [1.165, 1.54) is 16.4 Å². The normalized spacial score (nSPS) is 10.5. The van der Waals surface area contributed by atoms with Crippen molar-refractivity contribution in [2.24, 2.45) is 0 Å². The van der Waals surface area contributed by atoms with Gasteiger partial charge in [0.25, 0.3) is 0 Å². The number of nitrogens with one attached hydrogen (secondary N) is 1. The lowest BCUT2D eigenvalue weighted by atomic mass is 10.2. The molecule has 2 rings (SSSR count). The van der Waals surface area contributed by atoms with E-state index in [0.717, 1.165) is 23.7 Å². The van der Waals surface area contributed by atoms with E-state index in [0.29, 0.717) is 5.00 Å². The van der Waals surface area contributed by atoms with Crippen molar-refractivity contribution >= 4 is 33.0 Å². The Morgan fingerprint density at radius 1 is 1.47 bits per heavy atom. The Labute approximate surface area is 95.5 Å². The van der Waals surface area contributed by atoms with Crippen LogP contribution in [-0.2, 0) is 12.8 Å². The van der Waals surface area contributed by atoms with Gasteiger partial charge >= 0.3 is 0 Å². The van der Waals surface area contributed by atoms with Crippen molar-refractivity contribution in [2.45, 2.75) is 12.8 Å². The fourth-order valence-corrected chi connectivity index (χ4v) is 2.41. The van der Waals surface area contributed by atoms with Gasteiger partial charge in [-0.15, -0.1) is 16.4 Å². The topological polar surface area (TPSA) is 76.7 Å². The highest BCUT2D eigenvalue weighted by molar-refractivity contribution is 7.15. The van der Waals surface area contributed by atoms with Crippen LogP contribution in [0.25, 0.3) is 0 Å². The number of aromatic nitrogens is 3. The Balaban J connectivity index is 1.96. The average molecular weight is 241 g/mol. The van der Waals surface area contributed by atoms with Crippen molar-refractivity contribution in [3.05, 3.63) is 16.8 Å². The molecule has 0 aliphatic heterocycles. The molecule has 0 unspecified atom stereocenters.